The third-order valence-electron chi connectivity index (χ3n) is 2.84. The molecule has 0 radical (unpaired) electrons. The van der Waals surface area contributed by atoms with Crippen LogP contribution in [0.2, 0.25) is 10.0 Å². The number of anilines is 1. The minimum Gasteiger partial charge on any atom is -0.377 e. The highest BCUT2D eigenvalue weighted by Crippen LogP contribution is 2.37. The van der Waals surface area contributed by atoms with E-state index in [4.69, 9.17) is 23.2 Å². The molecular weight excluding hydrogens is 432 g/mol. The number of halogens is 5. The summed E-state index contributed by atoms with van der Waals surface area (Å²) in [5, 5.41) is 4.18. The summed E-state index contributed by atoms with van der Waals surface area (Å²) in [6, 6.07) is 8.19. The second kappa shape index (κ2) is 6.65. The lowest BCUT2D eigenvalue weighted by Crippen LogP contribution is -2.08. The fraction of sp³-hybridized carbons (Fsp3) is 0.143. The molecule has 0 saturated heterocycles. The Morgan fingerprint density at radius 1 is 1.05 bits per heavy atom. The first-order valence-corrected chi connectivity index (χ1v) is 8.09. The number of nitrogens with one attached hydrogen (secondary N) is 1. The van der Waals surface area contributed by atoms with E-state index in [0.717, 1.165) is 15.7 Å². The van der Waals surface area contributed by atoms with Gasteiger partial charge in [-0.1, -0.05) is 45.2 Å². The Bertz CT molecular complexity index is 649. The fourth-order valence-electron chi connectivity index (χ4n) is 1.80. The lowest BCUT2D eigenvalue weighted by molar-refractivity contribution is 0.625. The summed E-state index contributed by atoms with van der Waals surface area (Å²) in [6.45, 7) is 1.96. The standard InChI is InChI=1S/C14H10Br2Cl2FN/c1-7(9-3-2-8(19)6-11(9)16)20-12-5-4-10(15)13(17)14(12)18/h2-7,20H,1H3. The third-order valence-corrected chi connectivity index (χ3v) is 5.29. The van der Waals surface area contributed by atoms with Crippen molar-refractivity contribution in [2.45, 2.75) is 13.0 Å². The summed E-state index contributed by atoms with van der Waals surface area (Å²) >= 11 is 19.0. The van der Waals surface area contributed by atoms with E-state index in [0.29, 0.717) is 14.5 Å². The molecule has 1 unspecified atom stereocenters. The average molecular weight is 442 g/mol. The van der Waals surface area contributed by atoms with Crippen molar-refractivity contribution in [1.82, 2.24) is 0 Å². The second-order valence-corrected chi connectivity index (χ2v) is 6.72. The lowest BCUT2D eigenvalue weighted by Gasteiger charge is -2.19. The molecule has 0 spiro atoms. The van der Waals surface area contributed by atoms with E-state index in [-0.39, 0.29) is 11.9 Å². The first-order valence-electron chi connectivity index (χ1n) is 5.75. The van der Waals surface area contributed by atoms with Crippen LogP contribution in [-0.4, -0.2) is 0 Å². The normalized spacial score (nSPS) is 12.3. The van der Waals surface area contributed by atoms with Gasteiger partial charge in [-0.05, 0) is 52.7 Å². The summed E-state index contributed by atoms with van der Waals surface area (Å²) < 4.78 is 14.6. The van der Waals surface area contributed by atoms with Gasteiger partial charge in [-0.15, -0.1) is 0 Å². The van der Waals surface area contributed by atoms with Crippen LogP contribution in [0.3, 0.4) is 0 Å². The first-order chi connectivity index (χ1) is 9.40. The largest absolute Gasteiger partial charge is 0.377 e. The zero-order valence-corrected chi connectivity index (χ0v) is 15.0. The van der Waals surface area contributed by atoms with Crippen LogP contribution in [-0.2, 0) is 0 Å². The van der Waals surface area contributed by atoms with Crippen molar-refractivity contribution in [3.63, 3.8) is 0 Å². The van der Waals surface area contributed by atoms with Gasteiger partial charge in [0.05, 0.1) is 15.7 Å². The zero-order valence-electron chi connectivity index (χ0n) is 10.4. The molecule has 2 aromatic rings. The molecular formula is C14H10Br2Cl2FN. The molecule has 2 aromatic carbocycles. The molecule has 20 heavy (non-hydrogen) atoms. The number of hydrogen-bond donors (Lipinski definition) is 1. The molecule has 0 aromatic heterocycles. The Labute approximate surface area is 143 Å². The quantitative estimate of drug-likeness (QED) is 0.514. The predicted octanol–water partition coefficient (Wildman–Crippen LogP) is 6.83. The molecule has 1 atom stereocenters. The van der Waals surface area contributed by atoms with E-state index in [1.807, 2.05) is 19.1 Å². The minimum atomic E-state index is -0.280. The molecule has 0 aliphatic heterocycles. The Hall–Kier alpha value is -0.290. The lowest BCUT2D eigenvalue weighted by atomic mass is 10.1. The highest BCUT2D eigenvalue weighted by atomic mass is 79.9. The monoisotopic (exact) mass is 439 g/mol. The molecule has 0 heterocycles. The van der Waals surface area contributed by atoms with Crippen molar-refractivity contribution in [1.29, 1.82) is 0 Å². The van der Waals surface area contributed by atoms with Gasteiger partial charge in [-0.3, -0.25) is 0 Å². The van der Waals surface area contributed by atoms with Gasteiger partial charge in [0.15, 0.2) is 0 Å². The molecule has 0 aliphatic rings. The van der Waals surface area contributed by atoms with E-state index < -0.39 is 0 Å². The highest BCUT2D eigenvalue weighted by molar-refractivity contribution is 9.10. The van der Waals surface area contributed by atoms with Gasteiger partial charge < -0.3 is 5.32 Å². The van der Waals surface area contributed by atoms with Crippen LogP contribution >= 0.6 is 55.1 Å². The van der Waals surface area contributed by atoms with Crippen molar-refractivity contribution in [2.75, 3.05) is 5.32 Å². The molecule has 0 saturated carbocycles. The molecule has 106 valence electrons. The molecule has 1 N–H and O–H groups in total. The van der Waals surface area contributed by atoms with Gasteiger partial charge in [0.25, 0.3) is 0 Å². The van der Waals surface area contributed by atoms with Gasteiger partial charge in [0, 0.05) is 15.0 Å². The van der Waals surface area contributed by atoms with Gasteiger partial charge in [0.2, 0.25) is 0 Å². The van der Waals surface area contributed by atoms with Crippen LogP contribution in [0.25, 0.3) is 0 Å². The van der Waals surface area contributed by atoms with Crippen LogP contribution in [0.4, 0.5) is 10.1 Å². The van der Waals surface area contributed by atoms with Crippen molar-refractivity contribution >= 4 is 60.7 Å². The van der Waals surface area contributed by atoms with E-state index in [9.17, 15) is 4.39 Å². The maximum absolute atomic E-state index is 13.1. The van der Waals surface area contributed by atoms with Gasteiger partial charge >= 0.3 is 0 Å². The number of rotatable bonds is 3. The van der Waals surface area contributed by atoms with Crippen LogP contribution in [0.5, 0.6) is 0 Å². The van der Waals surface area contributed by atoms with Crippen LogP contribution < -0.4 is 5.32 Å². The van der Waals surface area contributed by atoms with Crippen LogP contribution in [0.1, 0.15) is 18.5 Å². The predicted molar refractivity (Wildman–Crippen MR) is 90.3 cm³/mol. The van der Waals surface area contributed by atoms with Crippen molar-refractivity contribution in [2.24, 2.45) is 0 Å². The molecule has 2 rings (SSSR count). The average Bonchev–Trinajstić information content (AvgIpc) is 2.39. The fourth-order valence-corrected chi connectivity index (χ4v) is 3.32. The summed E-state index contributed by atoms with van der Waals surface area (Å²) in [5.74, 6) is -0.280. The van der Waals surface area contributed by atoms with Crippen LogP contribution in [0, 0.1) is 5.82 Å². The molecule has 0 amide bonds. The van der Waals surface area contributed by atoms with Gasteiger partial charge in [-0.2, -0.15) is 0 Å². The van der Waals surface area contributed by atoms with Crippen molar-refractivity contribution in [3.8, 4) is 0 Å². The number of benzene rings is 2. The maximum Gasteiger partial charge on any atom is 0.124 e. The topological polar surface area (TPSA) is 12.0 Å². The van der Waals surface area contributed by atoms with Gasteiger partial charge in [0.1, 0.15) is 5.82 Å². The SMILES string of the molecule is CC(Nc1ccc(Br)c(Cl)c1Cl)c1ccc(F)cc1Br. The van der Waals surface area contributed by atoms with E-state index >= 15 is 0 Å². The highest BCUT2D eigenvalue weighted by Gasteiger charge is 2.14. The van der Waals surface area contributed by atoms with E-state index in [2.05, 4.69) is 37.2 Å². The molecule has 0 aliphatic carbocycles. The second-order valence-electron chi connectivity index (χ2n) is 4.25. The van der Waals surface area contributed by atoms with Crippen molar-refractivity contribution < 1.29 is 4.39 Å². The summed E-state index contributed by atoms with van der Waals surface area (Å²) in [5.41, 5.74) is 1.66. The Morgan fingerprint density at radius 2 is 1.75 bits per heavy atom. The van der Waals surface area contributed by atoms with Crippen LogP contribution in [0.15, 0.2) is 39.3 Å². The summed E-state index contributed by atoms with van der Waals surface area (Å²) in [6.07, 6.45) is 0. The summed E-state index contributed by atoms with van der Waals surface area (Å²) in [4.78, 5) is 0. The van der Waals surface area contributed by atoms with Crippen molar-refractivity contribution in [3.05, 3.63) is 60.7 Å². The Morgan fingerprint density at radius 3 is 2.40 bits per heavy atom. The molecule has 0 bridgehead atoms. The molecule has 6 heteroatoms. The van der Waals surface area contributed by atoms with E-state index in [1.54, 1.807) is 6.07 Å². The number of hydrogen-bond acceptors (Lipinski definition) is 1. The zero-order chi connectivity index (χ0) is 14.9. The molecule has 0 fully saturated rings. The first kappa shape index (κ1) is 16.1. The smallest absolute Gasteiger partial charge is 0.124 e. The Balaban J connectivity index is 2.28. The minimum absolute atomic E-state index is 0.0558. The van der Waals surface area contributed by atoms with Gasteiger partial charge in [-0.25, -0.2) is 4.39 Å². The Kier molecular flexibility index (Phi) is 5.35. The maximum atomic E-state index is 13.1. The third kappa shape index (κ3) is 3.48. The summed E-state index contributed by atoms with van der Waals surface area (Å²) in [7, 11) is 0. The molecule has 1 nitrogen and oxygen atoms in total. The van der Waals surface area contributed by atoms with E-state index in [1.165, 1.54) is 12.1 Å².